The van der Waals surface area contributed by atoms with Crippen LogP contribution in [0.15, 0.2) is 47.6 Å². The van der Waals surface area contributed by atoms with Crippen molar-refractivity contribution in [2.75, 3.05) is 13.1 Å². The van der Waals surface area contributed by atoms with Gasteiger partial charge in [0.15, 0.2) is 5.65 Å². The number of hydrogen-bond acceptors (Lipinski definition) is 5. The minimum absolute atomic E-state index is 0.172. The average molecular weight is 488 g/mol. The average Bonchev–Trinajstić information content (AvgIpc) is 3.17. The number of carbonyl (C=O) groups is 1. The Morgan fingerprint density at radius 3 is 2.49 bits per heavy atom. The molecule has 1 unspecified atom stereocenters. The fourth-order valence-electron chi connectivity index (χ4n) is 4.88. The lowest BCUT2D eigenvalue weighted by atomic mass is 10.1. The molecule has 2 aromatic carbocycles. The van der Waals surface area contributed by atoms with Gasteiger partial charge in [0.25, 0.3) is 0 Å². The maximum absolute atomic E-state index is 13.3. The van der Waals surface area contributed by atoms with Gasteiger partial charge in [0.1, 0.15) is 5.52 Å². The fraction of sp³-hybridized carbons (Fsp3) is 0.429. The van der Waals surface area contributed by atoms with Gasteiger partial charge >= 0.3 is 0 Å². The van der Waals surface area contributed by atoms with Gasteiger partial charge in [-0.15, -0.1) is 10.2 Å². The molecular weight excluding hydrogens is 454 g/mol. The molecule has 35 heavy (non-hydrogen) atoms. The zero-order valence-electron chi connectivity index (χ0n) is 20.8. The van der Waals surface area contributed by atoms with Gasteiger partial charge in [0.05, 0.1) is 10.8 Å². The molecule has 0 spiro atoms. The zero-order chi connectivity index (χ0) is 24.4. The second-order valence-corrected chi connectivity index (χ2v) is 10.8. The van der Waals surface area contributed by atoms with E-state index >= 15 is 0 Å². The number of carbonyl (C=O) groups excluding carboxylic acids is 1. The molecule has 182 valence electrons. The molecule has 6 nitrogen and oxygen atoms in total. The minimum atomic E-state index is -0.172. The van der Waals surface area contributed by atoms with Gasteiger partial charge in [-0.25, -0.2) is 4.98 Å². The number of nitrogens with zero attached hydrogens (tertiary/aromatic N) is 5. The number of benzene rings is 2. The predicted molar refractivity (Wildman–Crippen MR) is 143 cm³/mol. The highest BCUT2D eigenvalue weighted by atomic mass is 32.2. The second kappa shape index (κ2) is 10.4. The van der Waals surface area contributed by atoms with Crippen LogP contribution in [0.2, 0.25) is 0 Å². The number of rotatable bonds is 7. The molecule has 3 heterocycles. The van der Waals surface area contributed by atoms with E-state index in [1.807, 2.05) is 4.90 Å². The van der Waals surface area contributed by atoms with E-state index in [1.165, 1.54) is 34.9 Å². The van der Waals surface area contributed by atoms with Crippen LogP contribution in [0.25, 0.3) is 22.1 Å². The first kappa shape index (κ1) is 23.8. The van der Waals surface area contributed by atoms with Crippen molar-refractivity contribution in [1.82, 2.24) is 24.6 Å². The summed E-state index contributed by atoms with van der Waals surface area (Å²) in [7, 11) is 0. The van der Waals surface area contributed by atoms with E-state index in [4.69, 9.17) is 4.98 Å². The third kappa shape index (κ3) is 5.06. The summed E-state index contributed by atoms with van der Waals surface area (Å²) in [6.07, 6.45) is 5.16. The topological polar surface area (TPSA) is 63.9 Å². The minimum Gasteiger partial charge on any atom is -0.342 e. The monoisotopic (exact) mass is 487 g/mol. The van der Waals surface area contributed by atoms with E-state index in [0.717, 1.165) is 60.8 Å². The third-order valence-corrected chi connectivity index (χ3v) is 7.91. The van der Waals surface area contributed by atoms with Gasteiger partial charge < -0.3 is 9.47 Å². The summed E-state index contributed by atoms with van der Waals surface area (Å²) in [5.41, 5.74) is 6.38. The molecule has 0 bridgehead atoms. The summed E-state index contributed by atoms with van der Waals surface area (Å²) >= 11 is 1.47. The first-order valence-corrected chi connectivity index (χ1v) is 13.6. The Hall–Kier alpha value is -2.93. The van der Waals surface area contributed by atoms with Crippen molar-refractivity contribution < 1.29 is 4.79 Å². The quantitative estimate of drug-likeness (QED) is 0.303. The van der Waals surface area contributed by atoms with E-state index in [-0.39, 0.29) is 11.2 Å². The molecule has 0 radical (unpaired) electrons. The maximum Gasteiger partial charge on any atom is 0.236 e. The van der Waals surface area contributed by atoms with Crippen LogP contribution in [0.1, 0.15) is 55.7 Å². The van der Waals surface area contributed by atoms with Crippen LogP contribution < -0.4 is 0 Å². The Balaban J connectivity index is 1.52. The first-order valence-electron chi connectivity index (χ1n) is 12.7. The molecule has 4 aromatic rings. The molecule has 1 fully saturated rings. The smallest absolute Gasteiger partial charge is 0.236 e. The molecule has 0 aliphatic carbocycles. The van der Waals surface area contributed by atoms with E-state index in [0.29, 0.717) is 11.7 Å². The largest absolute Gasteiger partial charge is 0.342 e. The molecule has 5 rings (SSSR count). The molecule has 7 heteroatoms. The molecule has 0 N–H and O–H groups in total. The van der Waals surface area contributed by atoms with E-state index in [2.05, 4.69) is 78.0 Å². The second-order valence-electron chi connectivity index (χ2n) is 9.64. The van der Waals surface area contributed by atoms with Crippen LogP contribution in [0.5, 0.6) is 0 Å². The lowest BCUT2D eigenvalue weighted by Crippen LogP contribution is -2.41. The number of likely N-dealkylation sites (tertiary alicyclic amines) is 1. The molecular formula is C28H33N5OS. The standard InChI is InChI=1S/C28H33N5OS/c1-4-8-24(27(34)32-15-6-5-7-16-32)35-28-29-26-25(30-31-28)22-17-20(3)11-14-23(22)33(26)18-21-12-9-19(2)10-13-21/h9-14,17,24H,4-8,15-16,18H2,1-3H3. The number of fused-ring (bicyclic) bond motifs is 3. The molecule has 1 atom stereocenters. The van der Waals surface area contributed by atoms with Gasteiger partial charge in [-0.1, -0.05) is 66.6 Å². The highest BCUT2D eigenvalue weighted by Crippen LogP contribution is 2.31. The predicted octanol–water partition coefficient (Wildman–Crippen LogP) is 5.92. The van der Waals surface area contributed by atoms with Crippen molar-refractivity contribution in [2.45, 2.75) is 69.8 Å². The van der Waals surface area contributed by atoms with Crippen LogP contribution in [0, 0.1) is 13.8 Å². The van der Waals surface area contributed by atoms with Crippen LogP contribution in [0.3, 0.4) is 0 Å². The lowest BCUT2D eigenvalue weighted by Gasteiger charge is -2.29. The molecule has 1 amide bonds. The van der Waals surface area contributed by atoms with E-state index < -0.39 is 0 Å². The lowest BCUT2D eigenvalue weighted by molar-refractivity contribution is -0.131. The number of thioether (sulfide) groups is 1. The van der Waals surface area contributed by atoms with Gasteiger partial charge in [0.2, 0.25) is 11.1 Å². The molecule has 1 aliphatic rings. The summed E-state index contributed by atoms with van der Waals surface area (Å²) in [4.78, 5) is 20.3. The summed E-state index contributed by atoms with van der Waals surface area (Å²) in [6, 6.07) is 15.1. The van der Waals surface area contributed by atoms with Gasteiger partial charge in [-0.05, 0) is 57.2 Å². The SMILES string of the molecule is CCCC(Sc1nnc2c3cc(C)ccc3n(Cc3ccc(C)cc3)c2n1)C(=O)N1CCCCC1. The highest BCUT2D eigenvalue weighted by molar-refractivity contribution is 8.00. The Morgan fingerprint density at radius 1 is 1.00 bits per heavy atom. The van der Waals surface area contributed by atoms with Crippen LogP contribution >= 0.6 is 11.8 Å². The Bertz CT molecular complexity index is 1340. The van der Waals surface area contributed by atoms with Crippen LogP contribution in [0.4, 0.5) is 0 Å². The summed E-state index contributed by atoms with van der Waals surface area (Å²) < 4.78 is 2.23. The van der Waals surface area contributed by atoms with E-state index in [9.17, 15) is 4.79 Å². The Kier molecular flexibility index (Phi) is 7.04. The zero-order valence-corrected chi connectivity index (χ0v) is 21.6. The number of piperidine rings is 1. The summed E-state index contributed by atoms with van der Waals surface area (Å²) in [5.74, 6) is 0.219. The van der Waals surface area contributed by atoms with Crippen molar-refractivity contribution in [3.63, 3.8) is 0 Å². The maximum atomic E-state index is 13.3. The van der Waals surface area contributed by atoms with Gasteiger partial charge in [0, 0.05) is 25.0 Å². The number of aromatic nitrogens is 4. The number of aryl methyl sites for hydroxylation is 2. The van der Waals surface area contributed by atoms with Crippen molar-refractivity contribution in [2.24, 2.45) is 0 Å². The fourth-order valence-corrected chi connectivity index (χ4v) is 5.97. The molecule has 1 aliphatic heterocycles. The Morgan fingerprint density at radius 2 is 1.74 bits per heavy atom. The third-order valence-electron chi connectivity index (χ3n) is 6.81. The van der Waals surface area contributed by atoms with Crippen molar-refractivity contribution >= 4 is 39.7 Å². The van der Waals surface area contributed by atoms with Crippen molar-refractivity contribution in [1.29, 1.82) is 0 Å². The Labute approximate surface area is 211 Å². The summed E-state index contributed by atoms with van der Waals surface area (Å²) in [6.45, 7) is 8.75. The molecule has 2 aromatic heterocycles. The van der Waals surface area contributed by atoms with Gasteiger partial charge in [-0.2, -0.15) is 0 Å². The van der Waals surface area contributed by atoms with Gasteiger partial charge in [-0.3, -0.25) is 4.79 Å². The molecule has 0 saturated carbocycles. The van der Waals surface area contributed by atoms with Crippen molar-refractivity contribution in [3.8, 4) is 0 Å². The van der Waals surface area contributed by atoms with Crippen LogP contribution in [-0.4, -0.2) is 48.9 Å². The van der Waals surface area contributed by atoms with Crippen LogP contribution in [-0.2, 0) is 11.3 Å². The number of amides is 1. The van der Waals surface area contributed by atoms with Crippen molar-refractivity contribution in [3.05, 3.63) is 59.2 Å². The summed E-state index contributed by atoms with van der Waals surface area (Å²) in [5, 5.41) is 10.6. The first-order chi connectivity index (χ1) is 17.0. The highest BCUT2D eigenvalue weighted by Gasteiger charge is 2.27. The van der Waals surface area contributed by atoms with E-state index in [1.54, 1.807) is 0 Å². The number of hydrogen-bond donors (Lipinski definition) is 0. The molecule has 1 saturated heterocycles. The normalized spacial score (nSPS) is 15.1.